The lowest BCUT2D eigenvalue weighted by atomic mass is 10.1. The molecule has 1 aromatic heterocycles. The fourth-order valence-electron chi connectivity index (χ4n) is 2.71. The number of nitrogens with one attached hydrogen (secondary N) is 2. The first-order valence-electron chi connectivity index (χ1n) is 8.87. The van der Waals surface area contributed by atoms with Crippen LogP contribution < -0.4 is 20.1 Å². The highest BCUT2D eigenvalue weighted by Crippen LogP contribution is 2.29. The summed E-state index contributed by atoms with van der Waals surface area (Å²) < 4.78 is 10.5. The maximum absolute atomic E-state index is 12.7. The van der Waals surface area contributed by atoms with Crippen molar-refractivity contribution in [3.8, 4) is 11.5 Å². The van der Waals surface area contributed by atoms with Crippen LogP contribution in [0, 0.1) is 0 Å². The summed E-state index contributed by atoms with van der Waals surface area (Å²) in [5.41, 5.74) is 2.21. The highest BCUT2D eigenvalue weighted by molar-refractivity contribution is 6.05. The Morgan fingerprint density at radius 1 is 0.931 bits per heavy atom. The minimum absolute atomic E-state index is 0.0259. The second-order valence-corrected chi connectivity index (χ2v) is 6.21. The zero-order chi connectivity index (χ0) is 20.8. The van der Waals surface area contributed by atoms with Gasteiger partial charge in [-0.15, -0.1) is 0 Å². The number of carbonyl (C=O) groups excluding carboxylic acids is 2. The van der Waals surface area contributed by atoms with E-state index in [1.807, 2.05) is 6.07 Å². The smallest absolute Gasteiger partial charge is 0.255 e. The van der Waals surface area contributed by atoms with Crippen LogP contribution in [0.3, 0.4) is 0 Å². The molecule has 3 aromatic rings. The molecule has 1 amide bonds. The van der Waals surface area contributed by atoms with E-state index in [4.69, 9.17) is 9.47 Å². The number of rotatable bonds is 7. The summed E-state index contributed by atoms with van der Waals surface area (Å²) in [6, 6.07) is 15.5. The van der Waals surface area contributed by atoms with Gasteiger partial charge in [0, 0.05) is 29.1 Å². The molecule has 0 saturated heterocycles. The van der Waals surface area contributed by atoms with Gasteiger partial charge in [0.1, 0.15) is 17.3 Å². The molecule has 0 aliphatic heterocycles. The number of hydrogen-bond donors (Lipinski definition) is 2. The van der Waals surface area contributed by atoms with Gasteiger partial charge in [-0.05, 0) is 43.3 Å². The number of anilines is 3. The molecule has 0 bridgehead atoms. The number of methoxy groups -OCH3 is 2. The second-order valence-electron chi connectivity index (χ2n) is 6.21. The number of hydrogen-bond acceptors (Lipinski definition) is 6. The molecule has 0 radical (unpaired) electrons. The molecule has 0 fully saturated rings. The van der Waals surface area contributed by atoms with E-state index in [1.165, 1.54) is 20.2 Å². The first kappa shape index (κ1) is 19.9. The van der Waals surface area contributed by atoms with E-state index < -0.39 is 0 Å². The lowest BCUT2D eigenvalue weighted by Crippen LogP contribution is -2.13. The van der Waals surface area contributed by atoms with Crippen molar-refractivity contribution in [3.63, 3.8) is 0 Å². The van der Waals surface area contributed by atoms with Crippen molar-refractivity contribution >= 4 is 28.9 Å². The van der Waals surface area contributed by atoms with Gasteiger partial charge < -0.3 is 20.1 Å². The van der Waals surface area contributed by atoms with Crippen molar-refractivity contribution in [2.24, 2.45) is 0 Å². The first-order valence-corrected chi connectivity index (χ1v) is 8.87. The number of aromatic nitrogens is 1. The summed E-state index contributed by atoms with van der Waals surface area (Å²) in [6.07, 6.45) is 1.54. The van der Waals surface area contributed by atoms with Gasteiger partial charge in [-0.1, -0.05) is 12.1 Å². The van der Waals surface area contributed by atoms with Gasteiger partial charge >= 0.3 is 0 Å². The Hall–Kier alpha value is -3.87. The van der Waals surface area contributed by atoms with Crippen molar-refractivity contribution in [2.45, 2.75) is 6.92 Å². The van der Waals surface area contributed by atoms with Crippen LogP contribution in [0.5, 0.6) is 11.5 Å². The fraction of sp³-hybridized carbons (Fsp3) is 0.136. The monoisotopic (exact) mass is 391 g/mol. The molecule has 3 rings (SSSR count). The van der Waals surface area contributed by atoms with Gasteiger partial charge in [0.05, 0.1) is 19.9 Å². The van der Waals surface area contributed by atoms with Crippen molar-refractivity contribution in [2.75, 3.05) is 24.9 Å². The third-order valence-corrected chi connectivity index (χ3v) is 4.22. The summed E-state index contributed by atoms with van der Waals surface area (Å²) in [6.45, 7) is 1.51. The summed E-state index contributed by atoms with van der Waals surface area (Å²) in [7, 11) is 3.08. The maximum atomic E-state index is 12.7. The normalized spacial score (nSPS) is 10.2. The minimum atomic E-state index is -0.320. The van der Waals surface area contributed by atoms with Crippen LogP contribution in [0.25, 0.3) is 0 Å². The zero-order valence-corrected chi connectivity index (χ0v) is 16.4. The van der Waals surface area contributed by atoms with Gasteiger partial charge in [-0.2, -0.15) is 0 Å². The number of amides is 1. The van der Waals surface area contributed by atoms with Crippen LogP contribution in [-0.2, 0) is 0 Å². The Bertz CT molecular complexity index is 1050. The van der Waals surface area contributed by atoms with Crippen molar-refractivity contribution in [3.05, 3.63) is 71.9 Å². The molecule has 148 valence electrons. The number of ketones is 1. The Morgan fingerprint density at radius 3 is 2.48 bits per heavy atom. The molecule has 0 aliphatic rings. The Morgan fingerprint density at radius 2 is 1.76 bits per heavy atom. The highest BCUT2D eigenvalue weighted by atomic mass is 16.5. The third-order valence-electron chi connectivity index (χ3n) is 4.22. The first-order chi connectivity index (χ1) is 14.0. The Kier molecular flexibility index (Phi) is 6.09. The van der Waals surface area contributed by atoms with Crippen LogP contribution >= 0.6 is 0 Å². The predicted molar refractivity (Wildman–Crippen MR) is 111 cm³/mol. The van der Waals surface area contributed by atoms with Crippen molar-refractivity contribution in [1.29, 1.82) is 0 Å². The van der Waals surface area contributed by atoms with E-state index in [1.54, 1.807) is 55.6 Å². The van der Waals surface area contributed by atoms with Crippen LogP contribution in [0.15, 0.2) is 60.8 Å². The third kappa shape index (κ3) is 4.90. The number of nitrogens with zero attached hydrogens (tertiary/aromatic N) is 1. The molecule has 29 heavy (non-hydrogen) atoms. The number of benzene rings is 2. The van der Waals surface area contributed by atoms with Crippen molar-refractivity contribution in [1.82, 2.24) is 4.98 Å². The lowest BCUT2D eigenvalue weighted by Gasteiger charge is -2.12. The molecule has 0 spiro atoms. The van der Waals surface area contributed by atoms with Gasteiger partial charge in [0.2, 0.25) is 0 Å². The number of pyridine rings is 1. The second kappa shape index (κ2) is 8.88. The molecule has 2 N–H and O–H groups in total. The van der Waals surface area contributed by atoms with E-state index >= 15 is 0 Å². The number of Topliss-reactive ketones (excluding diaryl/α,β-unsaturated/α-hetero) is 1. The maximum Gasteiger partial charge on any atom is 0.255 e. The Labute approximate surface area is 168 Å². The van der Waals surface area contributed by atoms with Crippen LogP contribution in [0.2, 0.25) is 0 Å². The molecule has 0 unspecified atom stereocenters. The largest absolute Gasteiger partial charge is 0.497 e. The predicted octanol–water partition coefficient (Wildman–Crippen LogP) is 4.30. The summed E-state index contributed by atoms with van der Waals surface area (Å²) >= 11 is 0. The Balaban J connectivity index is 1.80. The average Bonchev–Trinajstić information content (AvgIpc) is 2.74. The molecule has 0 atom stereocenters. The van der Waals surface area contributed by atoms with E-state index in [2.05, 4.69) is 15.6 Å². The molecule has 7 heteroatoms. The molecule has 0 saturated carbocycles. The van der Waals surface area contributed by atoms with Crippen LogP contribution in [0.4, 0.5) is 17.2 Å². The standard InChI is InChI=1S/C22H21N3O4/c1-14(26)15-5-4-6-17(11-15)24-21-12-16(9-10-23-21)22(27)25-19-13-18(28-2)7-8-20(19)29-3/h4-13H,1-3H3,(H,23,24)(H,25,27). The quantitative estimate of drug-likeness (QED) is 0.584. The van der Waals surface area contributed by atoms with Gasteiger partial charge in [0.25, 0.3) is 5.91 Å². The summed E-state index contributed by atoms with van der Waals surface area (Å²) in [5, 5.41) is 5.93. The van der Waals surface area contributed by atoms with Gasteiger partial charge in [-0.25, -0.2) is 4.98 Å². The topological polar surface area (TPSA) is 89.6 Å². The van der Waals surface area contributed by atoms with Crippen LogP contribution in [0.1, 0.15) is 27.6 Å². The molecule has 0 aliphatic carbocycles. The number of ether oxygens (including phenoxy) is 2. The molecular formula is C22H21N3O4. The molecule has 2 aromatic carbocycles. The summed E-state index contributed by atoms with van der Waals surface area (Å²) in [5.74, 6) is 1.26. The minimum Gasteiger partial charge on any atom is -0.497 e. The van der Waals surface area contributed by atoms with E-state index in [-0.39, 0.29) is 11.7 Å². The highest BCUT2D eigenvalue weighted by Gasteiger charge is 2.12. The van der Waals surface area contributed by atoms with E-state index in [0.29, 0.717) is 39.8 Å². The summed E-state index contributed by atoms with van der Waals surface area (Å²) in [4.78, 5) is 28.5. The van der Waals surface area contributed by atoms with Gasteiger partial charge in [0.15, 0.2) is 5.78 Å². The average molecular weight is 391 g/mol. The zero-order valence-electron chi connectivity index (χ0n) is 16.4. The lowest BCUT2D eigenvalue weighted by molar-refractivity contribution is 0.101. The fourth-order valence-corrected chi connectivity index (χ4v) is 2.71. The molecular weight excluding hydrogens is 370 g/mol. The number of carbonyl (C=O) groups is 2. The van der Waals surface area contributed by atoms with Crippen molar-refractivity contribution < 1.29 is 19.1 Å². The van der Waals surface area contributed by atoms with E-state index in [0.717, 1.165) is 0 Å². The van der Waals surface area contributed by atoms with Gasteiger partial charge in [-0.3, -0.25) is 9.59 Å². The SMILES string of the molecule is COc1ccc(OC)c(NC(=O)c2ccnc(Nc3cccc(C(C)=O)c3)c2)c1. The molecule has 1 heterocycles. The van der Waals surface area contributed by atoms with Crippen LogP contribution in [-0.4, -0.2) is 30.9 Å². The molecule has 7 nitrogen and oxygen atoms in total. The van der Waals surface area contributed by atoms with E-state index in [9.17, 15) is 9.59 Å².